The van der Waals surface area contributed by atoms with Crippen molar-refractivity contribution in [3.05, 3.63) is 41.7 Å². The van der Waals surface area contributed by atoms with Crippen molar-refractivity contribution in [3.8, 4) is 0 Å². The van der Waals surface area contributed by atoms with E-state index in [1.54, 1.807) is 48.6 Å². The van der Waals surface area contributed by atoms with E-state index in [0.29, 0.717) is 17.3 Å². The minimum atomic E-state index is -0.358. The molecule has 1 aromatic carbocycles. The second kappa shape index (κ2) is 5.81. The topological polar surface area (TPSA) is 69.3 Å². The number of nitrogens with one attached hydrogen (secondary N) is 1. The molecule has 0 spiro atoms. The lowest BCUT2D eigenvalue weighted by Crippen LogP contribution is -2.34. The van der Waals surface area contributed by atoms with Gasteiger partial charge in [0.05, 0.1) is 17.8 Å². The van der Waals surface area contributed by atoms with Crippen LogP contribution < -0.4 is 9.80 Å². The number of nitrogens with zero attached hydrogens (tertiary/aromatic N) is 3. The summed E-state index contributed by atoms with van der Waals surface area (Å²) in [5.74, 6) is -0.504. The quantitative estimate of drug-likeness (QED) is 0.942. The summed E-state index contributed by atoms with van der Waals surface area (Å²) in [7, 11) is 1.68. The fourth-order valence-corrected chi connectivity index (χ4v) is 2.70. The number of benzene rings is 1. The third kappa shape index (κ3) is 2.69. The molecule has 1 aliphatic heterocycles. The molecule has 1 atom stereocenters. The van der Waals surface area contributed by atoms with Gasteiger partial charge in [0.15, 0.2) is 0 Å². The molecule has 1 fully saturated rings. The molecule has 6 nitrogen and oxygen atoms in total. The molecule has 114 valence electrons. The van der Waals surface area contributed by atoms with Crippen molar-refractivity contribution in [1.29, 1.82) is 0 Å². The number of hydrogen-bond donors (Lipinski definition) is 1. The molecule has 0 radical (unpaired) electrons. The Bertz CT molecular complexity index is 684. The van der Waals surface area contributed by atoms with E-state index in [0.717, 1.165) is 5.69 Å². The second-order valence-electron chi connectivity index (χ2n) is 5.24. The number of rotatable bonds is 3. The highest BCUT2D eigenvalue weighted by atomic mass is 35.5. The number of carbonyl (C=O) groups is 2. The number of H-pyrrole nitrogens is 1. The molecular weight excluding hydrogens is 304 g/mol. The van der Waals surface area contributed by atoms with Gasteiger partial charge in [-0.3, -0.25) is 14.7 Å². The fourth-order valence-electron chi connectivity index (χ4n) is 2.57. The van der Waals surface area contributed by atoms with Crippen LogP contribution in [0, 0.1) is 5.92 Å². The molecule has 2 amide bonds. The number of aromatic amines is 1. The zero-order valence-corrected chi connectivity index (χ0v) is 12.7. The van der Waals surface area contributed by atoms with Crippen LogP contribution in [0.2, 0.25) is 5.02 Å². The molecule has 1 N–H and O–H groups in total. The van der Waals surface area contributed by atoms with Crippen LogP contribution >= 0.6 is 11.6 Å². The molecule has 0 bridgehead atoms. The van der Waals surface area contributed by atoms with Gasteiger partial charge in [0.25, 0.3) is 0 Å². The summed E-state index contributed by atoms with van der Waals surface area (Å²) in [5.41, 5.74) is 1.44. The number of halogens is 1. The second-order valence-corrected chi connectivity index (χ2v) is 5.67. The maximum atomic E-state index is 12.5. The Kier molecular flexibility index (Phi) is 3.85. The van der Waals surface area contributed by atoms with E-state index in [1.807, 2.05) is 0 Å². The average molecular weight is 319 g/mol. The predicted molar refractivity (Wildman–Crippen MR) is 83.9 cm³/mol. The lowest BCUT2D eigenvalue weighted by molar-refractivity contribution is -0.124. The van der Waals surface area contributed by atoms with Gasteiger partial charge >= 0.3 is 0 Å². The summed E-state index contributed by atoms with van der Waals surface area (Å²) in [5, 5.41) is 7.11. The van der Waals surface area contributed by atoms with Crippen molar-refractivity contribution in [2.75, 3.05) is 23.4 Å². The highest BCUT2D eigenvalue weighted by molar-refractivity contribution is 6.30. The zero-order valence-electron chi connectivity index (χ0n) is 12.0. The van der Waals surface area contributed by atoms with Crippen LogP contribution in [0.5, 0.6) is 0 Å². The standard InChI is InChI=1S/C15H15ClN4O2/c1-19(13-7-17-18-8-13)15(22)10-6-14(21)20(9-10)12-4-2-11(16)3-5-12/h2-5,7-8,10H,6,9H2,1H3,(H,17,18). The van der Waals surface area contributed by atoms with Gasteiger partial charge in [0.1, 0.15) is 0 Å². The molecule has 1 aromatic heterocycles. The maximum absolute atomic E-state index is 12.5. The van der Waals surface area contributed by atoms with Gasteiger partial charge in [-0.1, -0.05) is 11.6 Å². The van der Waals surface area contributed by atoms with E-state index < -0.39 is 0 Å². The van der Waals surface area contributed by atoms with E-state index in [1.165, 1.54) is 4.90 Å². The molecule has 3 rings (SSSR count). The van der Waals surface area contributed by atoms with E-state index in [2.05, 4.69) is 10.2 Å². The number of amides is 2. The van der Waals surface area contributed by atoms with E-state index in [-0.39, 0.29) is 24.2 Å². The third-order valence-electron chi connectivity index (χ3n) is 3.81. The number of aromatic nitrogens is 2. The maximum Gasteiger partial charge on any atom is 0.232 e. The van der Waals surface area contributed by atoms with Crippen molar-refractivity contribution in [1.82, 2.24) is 10.2 Å². The van der Waals surface area contributed by atoms with Gasteiger partial charge in [-0.05, 0) is 24.3 Å². The highest BCUT2D eigenvalue weighted by Crippen LogP contribution is 2.28. The van der Waals surface area contributed by atoms with Crippen LogP contribution in [0.25, 0.3) is 0 Å². The van der Waals surface area contributed by atoms with Gasteiger partial charge in [0.2, 0.25) is 11.8 Å². The molecular formula is C15H15ClN4O2. The first-order chi connectivity index (χ1) is 10.6. The minimum Gasteiger partial charge on any atom is -0.312 e. The van der Waals surface area contributed by atoms with Gasteiger partial charge < -0.3 is 9.80 Å². The first-order valence-electron chi connectivity index (χ1n) is 6.88. The van der Waals surface area contributed by atoms with Gasteiger partial charge in [-0.25, -0.2) is 0 Å². The van der Waals surface area contributed by atoms with Gasteiger partial charge in [0, 0.05) is 36.9 Å². The minimum absolute atomic E-state index is 0.0544. The molecule has 1 aliphatic rings. The molecule has 2 heterocycles. The summed E-state index contributed by atoms with van der Waals surface area (Å²) in [6.45, 7) is 0.376. The summed E-state index contributed by atoms with van der Waals surface area (Å²) in [6, 6.07) is 7.04. The molecule has 1 saturated heterocycles. The molecule has 22 heavy (non-hydrogen) atoms. The molecule has 0 saturated carbocycles. The van der Waals surface area contributed by atoms with E-state index in [4.69, 9.17) is 11.6 Å². The van der Waals surface area contributed by atoms with Crippen LogP contribution in [0.4, 0.5) is 11.4 Å². The Morgan fingerprint density at radius 1 is 1.41 bits per heavy atom. The highest BCUT2D eigenvalue weighted by Gasteiger charge is 2.36. The summed E-state index contributed by atoms with van der Waals surface area (Å²) >= 11 is 5.86. The summed E-state index contributed by atoms with van der Waals surface area (Å²) < 4.78 is 0. The van der Waals surface area contributed by atoms with Crippen molar-refractivity contribution in [2.24, 2.45) is 5.92 Å². The lowest BCUT2D eigenvalue weighted by Gasteiger charge is -2.20. The van der Waals surface area contributed by atoms with Crippen molar-refractivity contribution < 1.29 is 9.59 Å². The van der Waals surface area contributed by atoms with Crippen LogP contribution in [-0.2, 0) is 9.59 Å². The lowest BCUT2D eigenvalue weighted by atomic mass is 10.1. The monoisotopic (exact) mass is 318 g/mol. The Labute approximate surface area is 132 Å². The molecule has 1 unspecified atom stereocenters. The van der Waals surface area contributed by atoms with Crippen molar-refractivity contribution in [2.45, 2.75) is 6.42 Å². The SMILES string of the molecule is CN(C(=O)C1CC(=O)N(c2ccc(Cl)cc2)C1)c1cn[nH]c1. The summed E-state index contributed by atoms with van der Waals surface area (Å²) in [6.07, 6.45) is 3.43. The van der Waals surface area contributed by atoms with Crippen LogP contribution in [0.1, 0.15) is 6.42 Å². The molecule has 0 aliphatic carbocycles. The molecule has 2 aromatic rings. The average Bonchev–Trinajstić information content (AvgIpc) is 3.16. The molecule has 7 heteroatoms. The number of anilines is 2. The van der Waals surface area contributed by atoms with E-state index >= 15 is 0 Å². The Morgan fingerprint density at radius 3 is 2.77 bits per heavy atom. The van der Waals surface area contributed by atoms with Crippen LogP contribution in [-0.4, -0.2) is 35.6 Å². The van der Waals surface area contributed by atoms with Crippen LogP contribution in [0.3, 0.4) is 0 Å². The van der Waals surface area contributed by atoms with Gasteiger partial charge in [-0.15, -0.1) is 0 Å². The van der Waals surface area contributed by atoms with Gasteiger partial charge in [-0.2, -0.15) is 5.10 Å². The van der Waals surface area contributed by atoms with Crippen LogP contribution in [0.15, 0.2) is 36.7 Å². The number of hydrogen-bond acceptors (Lipinski definition) is 3. The van der Waals surface area contributed by atoms with Crippen molar-refractivity contribution >= 4 is 34.8 Å². The third-order valence-corrected chi connectivity index (χ3v) is 4.07. The Hall–Kier alpha value is -2.34. The normalized spacial score (nSPS) is 17.8. The van der Waals surface area contributed by atoms with E-state index in [9.17, 15) is 9.59 Å². The largest absolute Gasteiger partial charge is 0.312 e. The Morgan fingerprint density at radius 2 is 2.14 bits per heavy atom. The Balaban J connectivity index is 1.74. The zero-order chi connectivity index (χ0) is 15.7. The number of carbonyl (C=O) groups excluding carboxylic acids is 2. The first kappa shape index (κ1) is 14.6. The summed E-state index contributed by atoms with van der Waals surface area (Å²) in [4.78, 5) is 27.8. The fraction of sp³-hybridized carbons (Fsp3) is 0.267. The predicted octanol–water partition coefficient (Wildman–Crippen LogP) is 2.08. The smallest absolute Gasteiger partial charge is 0.232 e. The first-order valence-corrected chi connectivity index (χ1v) is 7.26. The van der Waals surface area contributed by atoms with Crippen molar-refractivity contribution in [3.63, 3.8) is 0 Å².